The van der Waals surface area contributed by atoms with Crippen LogP contribution in [0.3, 0.4) is 0 Å². The Balaban J connectivity index is 1.57. The number of para-hydroxylation sites is 1. The lowest BCUT2D eigenvalue weighted by Gasteiger charge is -2.35. The molecule has 4 rings (SSSR count). The summed E-state index contributed by atoms with van der Waals surface area (Å²) in [5.74, 6) is 0.377. The summed E-state index contributed by atoms with van der Waals surface area (Å²) in [5, 5.41) is 2.94. The Labute approximate surface area is 191 Å². The third kappa shape index (κ3) is 4.43. The zero-order valence-corrected chi connectivity index (χ0v) is 19.3. The lowest BCUT2D eigenvalue weighted by Crippen LogP contribution is -2.45. The van der Waals surface area contributed by atoms with E-state index in [0.717, 1.165) is 41.8 Å². The van der Waals surface area contributed by atoms with Gasteiger partial charge in [0.05, 0.1) is 19.5 Å². The molecule has 10 nitrogen and oxygen atoms in total. The Morgan fingerprint density at radius 1 is 1.15 bits per heavy atom. The first-order chi connectivity index (χ1) is 15.9. The van der Waals surface area contributed by atoms with E-state index in [1.165, 1.54) is 17.3 Å². The number of aromatic nitrogens is 4. The standard InChI is InChI=1S/C23H30N6O4/c1-26-15-25-21-20(26)22(31)29(23(32)27(21)2)14-19(30)24-13-17(28-11-7-4-8-12-28)16-9-5-6-10-18(16)33-3/h5-6,9-10,15,17H,4,7-8,11-14H2,1-3H3,(H,24,30). The molecule has 1 fully saturated rings. The fourth-order valence-corrected chi connectivity index (χ4v) is 4.55. The van der Waals surface area contributed by atoms with Gasteiger partial charge < -0.3 is 14.6 Å². The van der Waals surface area contributed by atoms with Crippen LogP contribution in [-0.2, 0) is 25.4 Å². The number of benzene rings is 1. The van der Waals surface area contributed by atoms with Crippen molar-refractivity contribution in [3.63, 3.8) is 0 Å². The number of carbonyl (C=O) groups excluding carboxylic acids is 1. The lowest BCUT2D eigenvalue weighted by molar-refractivity contribution is -0.122. The second kappa shape index (κ2) is 9.62. The Hall–Kier alpha value is -3.40. The highest BCUT2D eigenvalue weighted by Gasteiger charge is 2.26. The van der Waals surface area contributed by atoms with Crippen molar-refractivity contribution in [1.82, 2.24) is 28.9 Å². The van der Waals surface area contributed by atoms with Gasteiger partial charge in [-0.1, -0.05) is 24.6 Å². The molecule has 0 radical (unpaired) electrons. The average Bonchev–Trinajstić information content (AvgIpc) is 3.23. The molecule has 0 aliphatic carbocycles. The number of fused-ring (bicyclic) bond motifs is 1. The van der Waals surface area contributed by atoms with E-state index in [1.807, 2.05) is 24.3 Å². The number of rotatable bonds is 7. The molecule has 3 aromatic rings. The minimum Gasteiger partial charge on any atom is -0.496 e. The molecular weight excluding hydrogens is 424 g/mol. The predicted octanol–water partition coefficient (Wildman–Crippen LogP) is 0.786. The molecule has 33 heavy (non-hydrogen) atoms. The minimum absolute atomic E-state index is 0.0653. The van der Waals surface area contributed by atoms with Crippen LogP contribution < -0.4 is 21.3 Å². The number of hydrogen-bond acceptors (Lipinski definition) is 6. The van der Waals surface area contributed by atoms with E-state index in [4.69, 9.17) is 4.74 Å². The van der Waals surface area contributed by atoms with Crippen molar-refractivity contribution >= 4 is 17.1 Å². The van der Waals surface area contributed by atoms with Crippen molar-refractivity contribution in [3.05, 3.63) is 57.0 Å². The number of methoxy groups -OCH3 is 1. The molecule has 1 aliphatic heterocycles. The number of likely N-dealkylation sites (tertiary alicyclic amines) is 1. The Morgan fingerprint density at radius 2 is 1.88 bits per heavy atom. The molecule has 0 saturated carbocycles. The van der Waals surface area contributed by atoms with E-state index in [2.05, 4.69) is 15.2 Å². The van der Waals surface area contributed by atoms with Gasteiger partial charge in [-0.25, -0.2) is 14.3 Å². The summed E-state index contributed by atoms with van der Waals surface area (Å²) in [6.07, 6.45) is 4.89. The van der Waals surface area contributed by atoms with E-state index in [9.17, 15) is 14.4 Å². The van der Waals surface area contributed by atoms with E-state index in [1.54, 1.807) is 25.8 Å². The van der Waals surface area contributed by atoms with Crippen molar-refractivity contribution < 1.29 is 9.53 Å². The van der Waals surface area contributed by atoms with Gasteiger partial charge >= 0.3 is 5.69 Å². The van der Waals surface area contributed by atoms with E-state index in [0.29, 0.717) is 12.2 Å². The SMILES string of the molecule is COc1ccccc1C(CNC(=O)Cn1c(=O)c2c(ncn2C)n(C)c1=O)N1CCCCC1. The number of hydrogen-bond donors (Lipinski definition) is 1. The molecule has 1 atom stereocenters. The summed E-state index contributed by atoms with van der Waals surface area (Å²) >= 11 is 0. The largest absolute Gasteiger partial charge is 0.496 e. The van der Waals surface area contributed by atoms with Crippen LogP contribution in [0.15, 0.2) is 40.2 Å². The number of amides is 1. The van der Waals surface area contributed by atoms with Gasteiger partial charge in [-0.3, -0.25) is 19.1 Å². The van der Waals surface area contributed by atoms with Gasteiger partial charge in [-0.2, -0.15) is 0 Å². The molecule has 2 aromatic heterocycles. The molecule has 1 aromatic carbocycles. The van der Waals surface area contributed by atoms with Gasteiger partial charge in [-0.05, 0) is 32.0 Å². The number of carbonyl (C=O) groups is 1. The fourth-order valence-electron chi connectivity index (χ4n) is 4.55. The third-order valence-corrected chi connectivity index (χ3v) is 6.32. The topological polar surface area (TPSA) is 103 Å². The van der Waals surface area contributed by atoms with Crippen molar-refractivity contribution in [1.29, 1.82) is 0 Å². The quantitative estimate of drug-likeness (QED) is 0.566. The number of piperidine rings is 1. The minimum atomic E-state index is -0.571. The molecule has 10 heteroatoms. The number of aryl methyl sites for hydroxylation is 2. The molecule has 1 N–H and O–H groups in total. The maximum atomic E-state index is 12.9. The maximum Gasteiger partial charge on any atom is 0.332 e. The highest BCUT2D eigenvalue weighted by molar-refractivity contribution is 5.76. The molecule has 1 aliphatic rings. The van der Waals surface area contributed by atoms with Crippen LogP contribution in [0, 0.1) is 0 Å². The van der Waals surface area contributed by atoms with E-state index < -0.39 is 17.2 Å². The second-order valence-electron chi connectivity index (χ2n) is 8.42. The summed E-state index contributed by atoms with van der Waals surface area (Å²) < 4.78 is 9.37. The summed E-state index contributed by atoms with van der Waals surface area (Å²) in [4.78, 5) is 44.9. The van der Waals surface area contributed by atoms with Crippen LogP contribution in [0.25, 0.3) is 11.2 Å². The Bertz CT molecular complexity index is 1270. The van der Waals surface area contributed by atoms with E-state index in [-0.39, 0.29) is 18.1 Å². The zero-order valence-electron chi connectivity index (χ0n) is 19.3. The third-order valence-electron chi connectivity index (χ3n) is 6.32. The second-order valence-corrected chi connectivity index (χ2v) is 8.42. The molecule has 0 bridgehead atoms. The lowest BCUT2D eigenvalue weighted by atomic mass is 10.0. The van der Waals surface area contributed by atoms with Crippen LogP contribution in [0.4, 0.5) is 0 Å². The van der Waals surface area contributed by atoms with E-state index >= 15 is 0 Å². The summed E-state index contributed by atoms with van der Waals surface area (Å²) in [5.41, 5.74) is 0.487. The molecule has 1 amide bonds. The molecular formula is C23H30N6O4. The highest BCUT2D eigenvalue weighted by atomic mass is 16.5. The first-order valence-corrected chi connectivity index (χ1v) is 11.2. The van der Waals surface area contributed by atoms with Crippen LogP contribution in [-0.4, -0.2) is 56.2 Å². The molecule has 176 valence electrons. The van der Waals surface area contributed by atoms with Crippen LogP contribution in [0.1, 0.15) is 30.9 Å². The number of nitrogens with one attached hydrogen (secondary N) is 1. The van der Waals surface area contributed by atoms with Crippen LogP contribution in [0.5, 0.6) is 5.75 Å². The highest BCUT2D eigenvalue weighted by Crippen LogP contribution is 2.30. The summed E-state index contributed by atoms with van der Waals surface area (Å²) in [6.45, 7) is 1.87. The summed E-state index contributed by atoms with van der Waals surface area (Å²) in [6, 6.07) is 7.75. The molecule has 0 spiro atoms. The molecule has 1 unspecified atom stereocenters. The fraction of sp³-hybridized carbons (Fsp3) is 0.478. The number of imidazole rings is 1. The molecule has 3 heterocycles. The number of nitrogens with zero attached hydrogens (tertiary/aromatic N) is 5. The number of ether oxygens (including phenoxy) is 1. The van der Waals surface area contributed by atoms with Crippen molar-refractivity contribution in [3.8, 4) is 5.75 Å². The van der Waals surface area contributed by atoms with Crippen molar-refractivity contribution in [2.45, 2.75) is 31.8 Å². The normalized spacial score (nSPS) is 15.5. The van der Waals surface area contributed by atoms with Gasteiger partial charge in [0, 0.05) is 26.2 Å². The van der Waals surface area contributed by atoms with Gasteiger partial charge in [0.2, 0.25) is 5.91 Å². The van der Waals surface area contributed by atoms with Gasteiger partial charge in [0.1, 0.15) is 12.3 Å². The average molecular weight is 455 g/mol. The van der Waals surface area contributed by atoms with Crippen molar-refractivity contribution in [2.75, 3.05) is 26.7 Å². The van der Waals surface area contributed by atoms with Crippen molar-refractivity contribution in [2.24, 2.45) is 14.1 Å². The van der Waals surface area contributed by atoms with Gasteiger partial charge in [-0.15, -0.1) is 0 Å². The van der Waals surface area contributed by atoms with Gasteiger partial charge in [0.15, 0.2) is 11.2 Å². The maximum absolute atomic E-state index is 12.9. The Kier molecular flexibility index (Phi) is 6.64. The molecule has 1 saturated heterocycles. The Morgan fingerprint density at radius 3 is 2.61 bits per heavy atom. The van der Waals surface area contributed by atoms with Gasteiger partial charge in [0.25, 0.3) is 5.56 Å². The van der Waals surface area contributed by atoms with Crippen LogP contribution in [0.2, 0.25) is 0 Å². The zero-order chi connectivity index (χ0) is 23.5. The summed E-state index contributed by atoms with van der Waals surface area (Å²) in [7, 11) is 4.86. The first-order valence-electron chi connectivity index (χ1n) is 11.2. The van der Waals surface area contributed by atoms with Crippen LogP contribution >= 0.6 is 0 Å². The smallest absolute Gasteiger partial charge is 0.332 e. The first kappa shape index (κ1) is 22.8. The predicted molar refractivity (Wildman–Crippen MR) is 124 cm³/mol. The monoisotopic (exact) mass is 454 g/mol.